The van der Waals surface area contributed by atoms with Crippen LogP contribution in [0.4, 0.5) is 0 Å². The Morgan fingerprint density at radius 1 is 1.08 bits per heavy atom. The van der Waals surface area contributed by atoms with Crippen LogP contribution in [-0.2, 0) is 4.79 Å². The zero-order chi connectivity index (χ0) is 17.6. The topological polar surface area (TPSA) is 40.5 Å². The minimum Gasteiger partial charge on any atom is -0.481 e. The summed E-state index contributed by atoms with van der Waals surface area (Å²) in [5, 5.41) is 9.07. The summed E-state index contributed by atoms with van der Waals surface area (Å²) < 4.78 is 0. The fourth-order valence-electron chi connectivity index (χ4n) is 3.77. The second-order valence-corrected chi connectivity index (χ2v) is 7.87. The maximum Gasteiger partial charge on any atom is 0.303 e. The van der Waals surface area contributed by atoms with Gasteiger partial charge in [-0.15, -0.1) is 0 Å². The number of rotatable bonds is 15. The predicted molar refractivity (Wildman–Crippen MR) is 102 cm³/mol. The van der Waals surface area contributed by atoms with Gasteiger partial charge < -0.3 is 10.0 Å². The van der Waals surface area contributed by atoms with E-state index in [1.165, 1.54) is 57.8 Å². The third-order valence-electron chi connectivity index (χ3n) is 5.23. The largest absolute Gasteiger partial charge is 0.481 e. The standard InChI is InChI=1S/C21H39NO2/c1-22(2)17-11-16-20(18-21(23)24)15-8-6-4-3-5-7-12-19-13-9-10-14-19/h9,13,19-20H,3-8,10-12,14-18H2,1-2H3,(H,23,24)/t19-,20?/m0/s1. The molecule has 1 rings (SSSR count). The van der Waals surface area contributed by atoms with Crippen LogP contribution in [0.2, 0.25) is 0 Å². The number of nitrogens with zero attached hydrogens (tertiary/aromatic N) is 1. The van der Waals surface area contributed by atoms with E-state index in [1.54, 1.807) is 0 Å². The van der Waals surface area contributed by atoms with Crippen LogP contribution in [0.15, 0.2) is 12.2 Å². The molecular weight excluding hydrogens is 298 g/mol. The van der Waals surface area contributed by atoms with Crippen LogP contribution in [0.3, 0.4) is 0 Å². The molecule has 140 valence electrons. The van der Waals surface area contributed by atoms with E-state index < -0.39 is 5.97 Å². The normalized spacial score (nSPS) is 18.4. The number of carbonyl (C=O) groups is 1. The molecule has 0 saturated carbocycles. The maximum atomic E-state index is 11.0. The summed E-state index contributed by atoms with van der Waals surface area (Å²) in [5.74, 6) is 0.603. The number of hydrogen-bond donors (Lipinski definition) is 1. The highest BCUT2D eigenvalue weighted by Gasteiger charge is 2.13. The van der Waals surface area contributed by atoms with Crippen LogP contribution in [0.1, 0.15) is 83.5 Å². The monoisotopic (exact) mass is 337 g/mol. The van der Waals surface area contributed by atoms with Crippen molar-refractivity contribution in [3.63, 3.8) is 0 Å². The van der Waals surface area contributed by atoms with Gasteiger partial charge in [0.15, 0.2) is 0 Å². The molecule has 0 amide bonds. The Morgan fingerprint density at radius 3 is 2.38 bits per heavy atom. The van der Waals surface area contributed by atoms with E-state index in [1.807, 2.05) is 0 Å². The summed E-state index contributed by atoms with van der Waals surface area (Å²) in [6.07, 6.45) is 20.3. The van der Waals surface area contributed by atoms with E-state index >= 15 is 0 Å². The Balaban J connectivity index is 1.98. The lowest BCUT2D eigenvalue weighted by atomic mass is 9.92. The molecule has 1 N–H and O–H groups in total. The SMILES string of the molecule is CN(C)CCCC(CCCCCCCC[C@H]1C=CCC1)CC(=O)O. The lowest BCUT2D eigenvalue weighted by Crippen LogP contribution is -2.15. The summed E-state index contributed by atoms with van der Waals surface area (Å²) in [4.78, 5) is 13.2. The Bertz CT molecular complexity index is 352. The van der Waals surface area contributed by atoms with Gasteiger partial charge in [-0.25, -0.2) is 0 Å². The molecule has 0 saturated heterocycles. The Hall–Kier alpha value is -0.830. The Morgan fingerprint density at radius 2 is 1.75 bits per heavy atom. The minimum absolute atomic E-state index is 0.350. The number of allylic oxidation sites excluding steroid dienone is 2. The molecule has 0 aliphatic heterocycles. The van der Waals surface area contributed by atoms with Gasteiger partial charge in [0.2, 0.25) is 0 Å². The van der Waals surface area contributed by atoms with E-state index in [2.05, 4.69) is 31.1 Å². The fraction of sp³-hybridized carbons (Fsp3) is 0.857. The number of carboxylic acid groups (broad SMARTS) is 1. The van der Waals surface area contributed by atoms with Gasteiger partial charge in [0, 0.05) is 6.42 Å². The first-order valence-electron chi connectivity index (χ1n) is 10.1. The number of carboxylic acids is 1. The van der Waals surface area contributed by atoms with E-state index in [9.17, 15) is 4.79 Å². The molecule has 0 spiro atoms. The van der Waals surface area contributed by atoms with E-state index in [4.69, 9.17) is 5.11 Å². The molecule has 0 aromatic heterocycles. The average molecular weight is 338 g/mol. The van der Waals surface area contributed by atoms with Crippen molar-refractivity contribution >= 4 is 5.97 Å². The van der Waals surface area contributed by atoms with Crippen molar-refractivity contribution in [1.82, 2.24) is 4.90 Å². The first kappa shape index (κ1) is 21.2. The molecule has 0 bridgehead atoms. The highest BCUT2D eigenvalue weighted by Crippen LogP contribution is 2.24. The zero-order valence-corrected chi connectivity index (χ0v) is 16.0. The van der Waals surface area contributed by atoms with Gasteiger partial charge in [0.05, 0.1) is 0 Å². The van der Waals surface area contributed by atoms with Gasteiger partial charge in [0.25, 0.3) is 0 Å². The second-order valence-electron chi connectivity index (χ2n) is 7.87. The van der Waals surface area contributed by atoms with Crippen LogP contribution < -0.4 is 0 Å². The molecule has 0 aromatic rings. The highest BCUT2D eigenvalue weighted by molar-refractivity contribution is 5.66. The molecule has 3 heteroatoms. The van der Waals surface area contributed by atoms with E-state index in [0.717, 1.165) is 31.7 Å². The summed E-state index contributed by atoms with van der Waals surface area (Å²) in [5.41, 5.74) is 0. The van der Waals surface area contributed by atoms with Crippen molar-refractivity contribution in [3.8, 4) is 0 Å². The lowest BCUT2D eigenvalue weighted by molar-refractivity contribution is -0.138. The number of hydrogen-bond acceptors (Lipinski definition) is 2. The molecule has 1 aliphatic rings. The third-order valence-corrected chi connectivity index (χ3v) is 5.23. The Labute approximate surface area is 149 Å². The van der Waals surface area contributed by atoms with E-state index in [0.29, 0.717) is 12.3 Å². The summed E-state index contributed by atoms with van der Waals surface area (Å²) in [6, 6.07) is 0. The van der Waals surface area contributed by atoms with Crippen LogP contribution >= 0.6 is 0 Å². The van der Waals surface area contributed by atoms with Crippen molar-refractivity contribution in [2.75, 3.05) is 20.6 Å². The van der Waals surface area contributed by atoms with Gasteiger partial charge >= 0.3 is 5.97 Å². The molecule has 1 unspecified atom stereocenters. The molecule has 0 fully saturated rings. The van der Waals surface area contributed by atoms with Crippen molar-refractivity contribution in [2.45, 2.75) is 83.5 Å². The molecule has 1 aliphatic carbocycles. The molecule has 0 radical (unpaired) electrons. The van der Waals surface area contributed by atoms with Crippen molar-refractivity contribution in [1.29, 1.82) is 0 Å². The molecule has 0 aromatic carbocycles. The van der Waals surface area contributed by atoms with Gasteiger partial charge in [-0.2, -0.15) is 0 Å². The number of aliphatic carboxylic acids is 1. The second kappa shape index (κ2) is 13.5. The first-order valence-corrected chi connectivity index (χ1v) is 10.1. The summed E-state index contributed by atoms with van der Waals surface area (Å²) in [7, 11) is 4.16. The third kappa shape index (κ3) is 11.7. The highest BCUT2D eigenvalue weighted by atomic mass is 16.4. The summed E-state index contributed by atoms with van der Waals surface area (Å²) in [6.45, 7) is 1.06. The zero-order valence-electron chi connectivity index (χ0n) is 16.0. The average Bonchev–Trinajstić information content (AvgIpc) is 3.02. The lowest BCUT2D eigenvalue weighted by Gasteiger charge is -2.16. The fourth-order valence-corrected chi connectivity index (χ4v) is 3.77. The summed E-state index contributed by atoms with van der Waals surface area (Å²) >= 11 is 0. The minimum atomic E-state index is -0.634. The molecule has 2 atom stereocenters. The molecular formula is C21H39NO2. The van der Waals surface area contributed by atoms with Crippen molar-refractivity contribution in [3.05, 3.63) is 12.2 Å². The quantitative estimate of drug-likeness (QED) is 0.316. The van der Waals surface area contributed by atoms with Crippen LogP contribution in [0, 0.1) is 11.8 Å². The number of unbranched alkanes of at least 4 members (excludes halogenated alkanes) is 5. The van der Waals surface area contributed by atoms with Gasteiger partial charge in [-0.05, 0) is 71.0 Å². The van der Waals surface area contributed by atoms with Crippen LogP contribution in [0.25, 0.3) is 0 Å². The van der Waals surface area contributed by atoms with Gasteiger partial charge in [0.1, 0.15) is 0 Å². The Kier molecular flexibility index (Phi) is 11.9. The molecule has 24 heavy (non-hydrogen) atoms. The van der Waals surface area contributed by atoms with E-state index in [-0.39, 0.29) is 0 Å². The van der Waals surface area contributed by atoms with Crippen LogP contribution in [-0.4, -0.2) is 36.6 Å². The van der Waals surface area contributed by atoms with Crippen molar-refractivity contribution < 1.29 is 9.90 Å². The molecule has 0 heterocycles. The van der Waals surface area contributed by atoms with Crippen LogP contribution in [0.5, 0.6) is 0 Å². The molecule has 3 nitrogen and oxygen atoms in total. The predicted octanol–water partition coefficient (Wildman–Crippen LogP) is 5.51. The smallest absolute Gasteiger partial charge is 0.303 e. The maximum absolute atomic E-state index is 11.0. The van der Waals surface area contributed by atoms with Gasteiger partial charge in [-0.1, -0.05) is 50.7 Å². The van der Waals surface area contributed by atoms with Crippen molar-refractivity contribution in [2.24, 2.45) is 11.8 Å². The van der Waals surface area contributed by atoms with Gasteiger partial charge in [-0.3, -0.25) is 4.79 Å². The first-order chi connectivity index (χ1) is 11.6.